The molecule has 3 rings (SSSR count). The van der Waals surface area contributed by atoms with Crippen molar-refractivity contribution < 1.29 is 35.0 Å². The van der Waals surface area contributed by atoms with E-state index in [0.29, 0.717) is 29.2 Å². The lowest BCUT2D eigenvalue weighted by atomic mass is 9.90. The fourth-order valence-electron chi connectivity index (χ4n) is 3.52. The van der Waals surface area contributed by atoms with E-state index in [1.54, 1.807) is 18.2 Å². The number of hydrogen-bond acceptors (Lipinski definition) is 7. The third kappa shape index (κ3) is 5.75. The van der Waals surface area contributed by atoms with Crippen LogP contribution in [0.2, 0.25) is 5.02 Å². The Morgan fingerprint density at radius 1 is 1.03 bits per heavy atom. The molecule has 7 nitrogen and oxygen atoms in total. The molecule has 0 aromatic heterocycles. The second kappa shape index (κ2) is 10.7. The maximum absolute atomic E-state index is 10.4. The van der Waals surface area contributed by atoms with Crippen LogP contribution >= 0.6 is 11.6 Å². The van der Waals surface area contributed by atoms with E-state index in [2.05, 4.69) is 0 Å². The standard InChI is InChI=1S/C23H29ClO7/c1-2-16(26)12-30-17-6-3-13(4-7-17)9-15-10-14(5-8-18(15)24)23-22(29)21(28)20(27)19(11-25)31-23/h3-8,10,16,19-23,25-29H,2,9,11-12H2,1H3/t16-,19-,20-,21+,22-,23+/m1/s1. The predicted octanol–water partition coefficient (Wildman–Crippen LogP) is 1.60. The van der Waals surface area contributed by atoms with Crippen LogP contribution in [0, 0.1) is 0 Å². The minimum absolute atomic E-state index is 0.239. The van der Waals surface area contributed by atoms with Crippen molar-refractivity contribution >= 4 is 11.6 Å². The lowest BCUT2D eigenvalue weighted by Gasteiger charge is -2.40. The Bertz CT molecular complexity index is 842. The van der Waals surface area contributed by atoms with Crippen LogP contribution in [0.5, 0.6) is 5.75 Å². The van der Waals surface area contributed by atoms with Crippen LogP contribution in [0.4, 0.5) is 0 Å². The average molecular weight is 453 g/mol. The van der Waals surface area contributed by atoms with Gasteiger partial charge in [0, 0.05) is 5.02 Å². The molecule has 0 aliphatic carbocycles. The van der Waals surface area contributed by atoms with E-state index in [1.165, 1.54) is 0 Å². The van der Waals surface area contributed by atoms with Crippen molar-refractivity contribution in [3.63, 3.8) is 0 Å². The highest BCUT2D eigenvalue weighted by atomic mass is 35.5. The summed E-state index contributed by atoms with van der Waals surface area (Å²) in [4.78, 5) is 0. The minimum Gasteiger partial charge on any atom is -0.491 e. The average Bonchev–Trinajstić information content (AvgIpc) is 2.78. The smallest absolute Gasteiger partial charge is 0.119 e. The van der Waals surface area contributed by atoms with Gasteiger partial charge in [-0.05, 0) is 47.7 Å². The van der Waals surface area contributed by atoms with Crippen LogP contribution in [-0.2, 0) is 11.2 Å². The van der Waals surface area contributed by atoms with Crippen LogP contribution in [0.25, 0.3) is 0 Å². The zero-order chi connectivity index (χ0) is 22.5. The number of aliphatic hydroxyl groups excluding tert-OH is 5. The summed E-state index contributed by atoms with van der Waals surface area (Å²) >= 11 is 6.38. The molecule has 1 aliphatic heterocycles. The number of rotatable bonds is 8. The van der Waals surface area contributed by atoms with Gasteiger partial charge in [0.05, 0.1) is 12.7 Å². The zero-order valence-electron chi connectivity index (χ0n) is 17.3. The highest BCUT2D eigenvalue weighted by Crippen LogP contribution is 2.34. The van der Waals surface area contributed by atoms with E-state index in [4.69, 9.17) is 21.1 Å². The molecule has 1 aliphatic rings. The van der Waals surface area contributed by atoms with E-state index in [-0.39, 0.29) is 6.61 Å². The third-order valence-electron chi connectivity index (χ3n) is 5.52. The molecule has 1 heterocycles. The van der Waals surface area contributed by atoms with Gasteiger partial charge >= 0.3 is 0 Å². The van der Waals surface area contributed by atoms with Crippen molar-refractivity contribution in [2.75, 3.05) is 13.2 Å². The molecule has 2 aromatic rings. The maximum Gasteiger partial charge on any atom is 0.119 e. The molecule has 31 heavy (non-hydrogen) atoms. The van der Waals surface area contributed by atoms with Crippen molar-refractivity contribution in [2.24, 2.45) is 0 Å². The predicted molar refractivity (Wildman–Crippen MR) is 115 cm³/mol. The minimum atomic E-state index is -1.44. The Morgan fingerprint density at radius 3 is 2.39 bits per heavy atom. The van der Waals surface area contributed by atoms with Crippen LogP contribution in [-0.4, -0.2) is 69.3 Å². The van der Waals surface area contributed by atoms with Crippen LogP contribution in [0.15, 0.2) is 42.5 Å². The molecule has 0 saturated carbocycles. The largest absolute Gasteiger partial charge is 0.491 e. The quantitative estimate of drug-likeness (QED) is 0.412. The number of hydrogen-bond donors (Lipinski definition) is 5. The molecule has 0 spiro atoms. The molecule has 8 heteroatoms. The first-order valence-electron chi connectivity index (χ1n) is 10.3. The van der Waals surface area contributed by atoms with Gasteiger partial charge in [0.1, 0.15) is 42.9 Å². The summed E-state index contributed by atoms with van der Waals surface area (Å²) in [5.74, 6) is 0.664. The van der Waals surface area contributed by atoms with Crippen molar-refractivity contribution in [1.82, 2.24) is 0 Å². The highest BCUT2D eigenvalue weighted by molar-refractivity contribution is 6.31. The van der Waals surface area contributed by atoms with E-state index in [1.807, 2.05) is 31.2 Å². The zero-order valence-corrected chi connectivity index (χ0v) is 18.0. The van der Waals surface area contributed by atoms with Gasteiger partial charge < -0.3 is 35.0 Å². The van der Waals surface area contributed by atoms with Gasteiger partial charge in [0.15, 0.2) is 0 Å². The summed E-state index contributed by atoms with van der Waals surface area (Å²) < 4.78 is 11.2. The lowest BCUT2D eigenvalue weighted by molar-refractivity contribution is -0.231. The molecule has 2 aromatic carbocycles. The van der Waals surface area contributed by atoms with Crippen molar-refractivity contribution in [1.29, 1.82) is 0 Å². The second-order valence-electron chi connectivity index (χ2n) is 7.79. The topological polar surface area (TPSA) is 120 Å². The van der Waals surface area contributed by atoms with Gasteiger partial charge in [0.25, 0.3) is 0 Å². The van der Waals surface area contributed by atoms with Crippen LogP contribution in [0.1, 0.15) is 36.1 Å². The number of benzene rings is 2. The Kier molecular flexibility index (Phi) is 8.30. The third-order valence-corrected chi connectivity index (χ3v) is 5.89. The van der Waals surface area contributed by atoms with Gasteiger partial charge in [0.2, 0.25) is 0 Å². The Labute approximate surface area is 186 Å². The van der Waals surface area contributed by atoms with E-state index >= 15 is 0 Å². The summed E-state index contributed by atoms with van der Waals surface area (Å²) in [6.45, 7) is 1.65. The Hall–Kier alpha value is -1.71. The summed E-state index contributed by atoms with van der Waals surface area (Å²) in [5, 5.41) is 50.0. The fraction of sp³-hybridized carbons (Fsp3) is 0.478. The molecule has 170 valence electrons. The van der Waals surface area contributed by atoms with E-state index in [0.717, 1.165) is 11.1 Å². The maximum atomic E-state index is 10.4. The monoisotopic (exact) mass is 452 g/mol. The van der Waals surface area contributed by atoms with E-state index in [9.17, 15) is 25.5 Å². The number of ether oxygens (including phenoxy) is 2. The van der Waals surface area contributed by atoms with Crippen LogP contribution in [0.3, 0.4) is 0 Å². The van der Waals surface area contributed by atoms with Gasteiger partial charge in [-0.15, -0.1) is 0 Å². The highest BCUT2D eigenvalue weighted by Gasteiger charge is 2.44. The first-order valence-corrected chi connectivity index (χ1v) is 10.7. The molecular formula is C23H29ClO7. The summed E-state index contributed by atoms with van der Waals surface area (Å²) in [6.07, 6.45) is -5.42. The summed E-state index contributed by atoms with van der Waals surface area (Å²) in [7, 11) is 0. The molecule has 0 radical (unpaired) electrons. The summed E-state index contributed by atoms with van der Waals surface area (Å²) in [6, 6.07) is 12.6. The molecule has 0 amide bonds. The first-order chi connectivity index (χ1) is 14.8. The van der Waals surface area contributed by atoms with Gasteiger partial charge in [-0.1, -0.05) is 42.8 Å². The normalized spacial score (nSPS) is 27.1. The van der Waals surface area contributed by atoms with Crippen LogP contribution < -0.4 is 4.74 Å². The molecule has 0 bridgehead atoms. The second-order valence-corrected chi connectivity index (χ2v) is 8.20. The number of aliphatic hydroxyl groups is 5. The molecule has 5 N–H and O–H groups in total. The lowest BCUT2D eigenvalue weighted by Crippen LogP contribution is -2.55. The molecular weight excluding hydrogens is 424 g/mol. The number of halogens is 1. The van der Waals surface area contributed by atoms with Gasteiger partial charge in [-0.3, -0.25) is 0 Å². The van der Waals surface area contributed by atoms with Crippen molar-refractivity contribution in [3.8, 4) is 5.75 Å². The van der Waals surface area contributed by atoms with E-state index < -0.39 is 43.2 Å². The van der Waals surface area contributed by atoms with Gasteiger partial charge in [-0.25, -0.2) is 0 Å². The Morgan fingerprint density at radius 2 is 1.74 bits per heavy atom. The van der Waals surface area contributed by atoms with Crippen molar-refractivity contribution in [3.05, 3.63) is 64.2 Å². The fourth-order valence-corrected chi connectivity index (χ4v) is 3.70. The summed E-state index contributed by atoms with van der Waals surface area (Å²) in [5.41, 5.74) is 2.37. The van der Waals surface area contributed by atoms with Gasteiger partial charge in [-0.2, -0.15) is 0 Å². The van der Waals surface area contributed by atoms with Crippen molar-refractivity contribution in [2.45, 2.75) is 56.4 Å². The first kappa shape index (κ1) is 23.9. The Balaban J connectivity index is 1.74. The molecule has 1 saturated heterocycles. The molecule has 6 atom stereocenters. The molecule has 0 unspecified atom stereocenters. The molecule has 1 fully saturated rings. The SMILES string of the molecule is CC[C@@H](O)COc1ccc(Cc2cc([C@@H]3O[C@H](CO)[C@@H](O)[C@H](O)[C@H]3O)ccc2Cl)cc1.